The summed E-state index contributed by atoms with van der Waals surface area (Å²) in [6.45, 7) is 3.55. The highest BCUT2D eigenvalue weighted by Gasteiger charge is 2.17. The van der Waals surface area contributed by atoms with Gasteiger partial charge < -0.3 is 15.2 Å². The van der Waals surface area contributed by atoms with Gasteiger partial charge >= 0.3 is 0 Å². The standard InChI is InChI=1S/C20H36N6.HI/c1-16-24-25-19(26(16)2)15-22-20(23-18-12-6-7-13-18)21-14-8-11-17-9-4-3-5-10-17;/h17-18H,3-15H2,1-2H3,(H2,21,22,23);1H. The van der Waals surface area contributed by atoms with Crippen LogP contribution < -0.4 is 10.6 Å². The predicted octanol–water partition coefficient (Wildman–Crippen LogP) is 4.08. The minimum absolute atomic E-state index is 0. The summed E-state index contributed by atoms with van der Waals surface area (Å²) in [4.78, 5) is 4.79. The van der Waals surface area contributed by atoms with E-state index in [1.165, 1.54) is 70.6 Å². The van der Waals surface area contributed by atoms with Crippen LogP contribution in [0, 0.1) is 12.8 Å². The molecule has 0 amide bonds. The molecule has 2 fully saturated rings. The smallest absolute Gasteiger partial charge is 0.191 e. The average Bonchev–Trinajstić information content (AvgIpc) is 3.28. The van der Waals surface area contributed by atoms with Crippen LogP contribution in [0.1, 0.15) is 82.3 Å². The third kappa shape index (κ3) is 7.23. The number of halogens is 1. The first-order valence-electron chi connectivity index (χ1n) is 10.6. The highest BCUT2D eigenvalue weighted by molar-refractivity contribution is 14.0. The van der Waals surface area contributed by atoms with Crippen molar-refractivity contribution in [2.24, 2.45) is 18.0 Å². The second kappa shape index (κ2) is 11.9. The maximum atomic E-state index is 4.79. The zero-order valence-corrected chi connectivity index (χ0v) is 19.4. The number of aryl methyl sites for hydroxylation is 1. The number of guanidine groups is 1. The van der Waals surface area contributed by atoms with Crippen molar-refractivity contribution in [3.05, 3.63) is 11.6 Å². The number of hydrogen-bond donors (Lipinski definition) is 2. The Hall–Kier alpha value is -0.860. The van der Waals surface area contributed by atoms with Gasteiger partial charge in [0.15, 0.2) is 11.8 Å². The number of hydrogen-bond acceptors (Lipinski definition) is 3. The summed E-state index contributed by atoms with van der Waals surface area (Å²) in [5, 5.41) is 15.6. The third-order valence-electron chi connectivity index (χ3n) is 6.06. The van der Waals surface area contributed by atoms with Gasteiger partial charge in [-0.3, -0.25) is 0 Å². The average molecular weight is 488 g/mol. The third-order valence-corrected chi connectivity index (χ3v) is 6.06. The molecular formula is C20H37IN6. The molecule has 0 atom stereocenters. The van der Waals surface area contributed by atoms with Crippen LogP contribution in [0.15, 0.2) is 4.99 Å². The molecule has 0 bridgehead atoms. The van der Waals surface area contributed by atoms with Crippen molar-refractivity contribution in [3.8, 4) is 0 Å². The Morgan fingerprint density at radius 3 is 2.44 bits per heavy atom. The Morgan fingerprint density at radius 1 is 1.07 bits per heavy atom. The van der Waals surface area contributed by atoms with E-state index in [0.717, 1.165) is 30.1 Å². The molecule has 2 aliphatic rings. The summed E-state index contributed by atoms with van der Waals surface area (Å²) in [6.07, 6.45) is 14.9. The molecule has 7 heteroatoms. The molecule has 154 valence electrons. The number of nitrogens with one attached hydrogen (secondary N) is 2. The predicted molar refractivity (Wildman–Crippen MR) is 121 cm³/mol. The number of nitrogens with zero attached hydrogens (tertiary/aromatic N) is 4. The Bertz CT molecular complexity index is 573. The van der Waals surface area contributed by atoms with Crippen LogP contribution >= 0.6 is 24.0 Å². The van der Waals surface area contributed by atoms with E-state index >= 15 is 0 Å². The van der Waals surface area contributed by atoms with Crippen molar-refractivity contribution >= 4 is 29.9 Å². The van der Waals surface area contributed by atoms with E-state index in [1.54, 1.807) is 0 Å². The second-order valence-electron chi connectivity index (χ2n) is 8.09. The first kappa shape index (κ1) is 22.4. The second-order valence-corrected chi connectivity index (χ2v) is 8.09. The minimum atomic E-state index is 0. The fourth-order valence-electron chi connectivity index (χ4n) is 4.23. The number of aromatic nitrogens is 3. The molecule has 1 aromatic rings. The van der Waals surface area contributed by atoms with E-state index in [2.05, 4.69) is 20.8 Å². The summed E-state index contributed by atoms with van der Waals surface area (Å²) in [6, 6.07) is 0.570. The Labute approximate surface area is 181 Å². The molecule has 1 aromatic heterocycles. The van der Waals surface area contributed by atoms with Gasteiger partial charge in [0.05, 0.1) is 0 Å². The summed E-state index contributed by atoms with van der Waals surface area (Å²) in [5.74, 6) is 3.75. The SMILES string of the molecule is Cc1nnc(CN=C(NCCCC2CCCCC2)NC2CCCC2)n1C.I. The Morgan fingerprint density at radius 2 is 1.78 bits per heavy atom. The highest BCUT2D eigenvalue weighted by atomic mass is 127. The quantitative estimate of drug-likeness (QED) is 0.263. The van der Waals surface area contributed by atoms with Gasteiger partial charge in [-0.15, -0.1) is 34.2 Å². The van der Waals surface area contributed by atoms with Crippen molar-refractivity contribution in [2.75, 3.05) is 6.54 Å². The van der Waals surface area contributed by atoms with Gasteiger partial charge in [0.2, 0.25) is 0 Å². The normalized spacial score (nSPS) is 19.1. The van der Waals surface area contributed by atoms with Crippen molar-refractivity contribution in [1.82, 2.24) is 25.4 Å². The summed E-state index contributed by atoms with van der Waals surface area (Å²) < 4.78 is 2.01. The summed E-state index contributed by atoms with van der Waals surface area (Å²) in [7, 11) is 2.00. The van der Waals surface area contributed by atoms with E-state index in [0.29, 0.717) is 12.6 Å². The van der Waals surface area contributed by atoms with E-state index < -0.39 is 0 Å². The van der Waals surface area contributed by atoms with Crippen LogP contribution in [0.25, 0.3) is 0 Å². The van der Waals surface area contributed by atoms with Crippen molar-refractivity contribution < 1.29 is 0 Å². The lowest BCUT2D eigenvalue weighted by Gasteiger charge is -2.22. The summed E-state index contributed by atoms with van der Waals surface area (Å²) in [5.41, 5.74) is 0. The van der Waals surface area contributed by atoms with E-state index in [1.807, 2.05) is 18.5 Å². The molecule has 27 heavy (non-hydrogen) atoms. The summed E-state index contributed by atoms with van der Waals surface area (Å²) >= 11 is 0. The maximum absolute atomic E-state index is 4.79. The van der Waals surface area contributed by atoms with Crippen molar-refractivity contribution in [3.63, 3.8) is 0 Å². The van der Waals surface area contributed by atoms with Crippen molar-refractivity contribution in [2.45, 2.75) is 90.1 Å². The number of aliphatic imine (C=N–C) groups is 1. The van der Waals surface area contributed by atoms with E-state index in [4.69, 9.17) is 4.99 Å². The van der Waals surface area contributed by atoms with Crippen molar-refractivity contribution in [1.29, 1.82) is 0 Å². The van der Waals surface area contributed by atoms with Crippen LogP contribution in [0.2, 0.25) is 0 Å². The first-order chi connectivity index (χ1) is 12.7. The molecule has 0 spiro atoms. The van der Waals surface area contributed by atoms with E-state index in [-0.39, 0.29) is 24.0 Å². The van der Waals surface area contributed by atoms with Crippen LogP contribution in [-0.4, -0.2) is 33.3 Å². The molecule has 2 N–H and O–H groups in total. The highest BCUT2D eigenvalue weighted by Crippen LogP contribution is 2.27. The lowest BCUT2D eigenvalue weighted by Crippen LogP contribution is -2.42. The minimum Gasteiger partial charge on any atom is -0.356 e. The molecule has 6 nitrogen and oxygen atoms in total. The first-order valence-corrected chi connectivity index (χ1v) is 10.6. The number of rotatable bonds is 7. The van der Waals surface area contributed by atoms with Gasteiger partial charge in [-0.1, -0.05) is 44.9 Å². The van der Waals surface area contributed by atoms with Crippen LogP contribution in [0.3, 0.4) is 0 Å². The van der Waals surface area contributed by atoms with Gasteiger partial charge in [-0.2, -0.15) is 0 Å². The molecule has 0 radical (unpaired) electrons. The fourth-order valence-corrected chi connectivity index (χ4v) is 4.23. The Kier molecular flexibility index (Phi) is 9.86. The molecule has 1 heterocycles. The van der Waals surface area contributed by atoms with Crippen LogP contribution in [-0.2, 0) is 13.6 Å². The van der Waals surface area contributed by atoms with E-state index in [9.17, 15) is 0 Å². The molecule has 0 saturated heterocycles. The molecule has 3 rings (SSSR count). The zero-order chi connectivity index (χ0) is 18.2. The van der Waals surface area contributed by atoms with Gasteiger partial charge in [-0.05, 0) is 38.5 Å². The van der Waals surface area contributed by atoms with Gasteiger partial charge in [-0.25, -0.2) is 4.99 Å². The lowest BCUT2D eigenvalue weighted by atomic mass is 9.86. The van der Waals surface area contributed by atoms with Gasteiger partial charge in [0, 0.05) is 19.6 Å². The topological polar surface area (TPSA) is 67.1 Å². The van der Waals surface area contributed by atoms with Crippen LogP contribution in [0.4, 0.5) is 0 Å². The maximum Gasteiger partial charge on any atom is 0.191 e. The lowest BCUT2D eigenvalue weighted by molar-refractivity contribution is 0.332. The van der Waals surface area contributed by atoms with Crippen LogP contribution in [0.5, 0.6) is 0 Å². The Balaban J connectivity index is 0.00000261. The molecular weight excluding hydrogens is 451 g/mol. The molecule has 0 aliphatic heterocycles. The molecule has 0 aromatic carbocycles. The zero-order valence-electron chi connectivity index (χ0n) is 17.0. The molecule has 0 unspecified atom stereocenters. The molecule has 2 aliphatic carbocycles. The van der Waals surface area contributed by atoms with Gasteiger partial charge in [0.25, 0.3) is 0 Å². The fraction of sp³-hybridized carbons (Fsp3) is 0.850. The largest absolute Gasteiger partial charge is 0.356 e. The molecule has 2 saturated carbocycles. The van der Waals surface area contributed by atoms with Gasteiger partial charge in [0.1, 0.15) is 12.4 Å². The monoisotopic (exact) mass is 488 g/mol.